The zero-order valence-electron chi connectivity index (χ0n) is 12.6. The molecule has 0 atom stereocenters. The molecule has 1 aromatic heterocycles. The molecular weight excluding hydrogens is 268 g/mol. The SMILES string of the molecule is CCOC(=O)NCCc1cc2cc(C)c(C)cc2[nH]c1=O. The number of nitrogens with one attached hydrogen (secondary N) is 2. The number of hydrogen-bond acceptors (Lipinski definition) is 3. The second-order valence-electron chi connectivity index (χ2n) is 5.04. The number of alkyl carbamates (subject to hydrolysis) is 1. The Hall–Kier alpha value is -2.30. The molecule has 2 rings (SSSR count). The number of H-pyrrole nitrogens is 1. The quantitative estimate of drug-likeness (QED) is 0.907. The summed E-state index contributed by atoms with van der Waals surface area (Å²) in [6, 6.07) is 5.92. The van der Waals surface area contributed by atoms with E-state index in [1.165, 1.54) is 5.56 Å². The van der Waals surface area contributed by atoms with E-state index in [0.29, 0.717) is 25.1 Å². The molecule has 0 unspecified atom stereocenters. The van der Waals surface area contributed by atoms with Crippen LogP contribution in [-0.4, -0.2) is 24.2 Å². The molecular formula is C16H20N2O3. The lowest BCUT2D eigenvalue weighted by Gasteiger charge is -2.07. The average Bonchev–Trinajstić information content (AvgIpc) is 2.42. The van der Waals surface area contributed by atoms with Gasteiger partial charge in [0.05, 0.1) is 6.61 Å². The van der Waals surface area contributed by atoms with Crippen LogP contribution < -0.4 is 10.9 Å². The van der Waals surface area contributed by atoms with Crippen LogP contribution in [0.1, 0.15) is 23.6 Å². The van der Waals surface area contributed by atoms with Crippen molar-refractivity contribution in [1.82, 2.24) is 10.3 Å². The van der Waals surface area contributed by atoms with Crippen LogP contribution in [0.2, 0.25) is 0 Å². The molecule has 0 fully saturated rings. The van der Waals surface area contributed by atoms with Crippen molar-refractivity contribution in [2.45, 2.75) is 27.2 Å². The minimum absolute atomic E-state index is 0.114. The number of carbonyl (C=O) groups is 1. The molecule has 0 radical (unpaired) electrons. The van der Waals surface area contributed by atoms with Crippen molar-refractivity contribution in [1.29, 1.82) is 0 Å². The van der Waals surface area contributed by atoms with Gasteiger partial charge in [-0.2, -0.15) is 0 Å². The molecule has 0 aliphatic rings. The van der Waals surface area contributed by atoms with Crippen LogP contribution >= 0.6 is 0 Å². The summed E-state index contributed by atoms with van der Waals surface area (Å²) in [5, 5.41) is 3.62. The van der Waals surface area contributed by atoms with Gasteiger partial charge >= 0.3 is 6.09 Å². The molecule has 0 spiro atoms. The molecule has 0 bridgehead atoms. The van der Waals surface area contributed by atoms with E-state index in [2.05, 4.69) is 16.4 Å². The van der Waals surface area contributed by atoms with Gasteiger partial charge in [0.1, 0.15) is 0 Å². The Kier molecular flexibility index (Phi) is 4.62. The first-order valence-electron chi connectivity index (χ1n) is 7.05. The molecule has 5 heteroatoms. The second-order valence-corrected chi connectivity index (χ2v) is 5.04. The predicted octanol–water partition coefficient (Wildman–Crippen LogP) is 2.43. The van der Waals surface area contributed by atoms with Gasteiger partial charge in [-0.05, 0) is 61.9 Å². The van der Waals surface area contributed by atoms with Gasteiger partial charge in [0.15, 0.2) is 0 Å². The Morgan fingerprint density at radius 3 is 2.67 bits per heavy atom. The smallest absolute Gasteiger partial charge is 0.407 e. The number of aromatic amines is 1. The third-order valence-corrected chi connectivity index (χ3v) is 3.47. The molecule has 1 heterocycles. The number of ether oxygens (including phenoxy) is 1. The first-order valence-corrected chi connectivity index (χ1v) is 7.05. The van der Waals surface area contributed by atoms with E-state index in [1.807, 2.05) is 26.0 Å². The number of aromatic nitrogens is 1. The van der Waals surface area contributed by atoms with Crippen molar-refractivity contribution < 1.29 is 9.53 Å². The molecule has 21 heavy (non-hydrogen) atoms. The van der Waals surface area contributed by atoms with Crippen LogP contribution in [0.25, 0.3) is 10.9 Å². The van der Waals surface area contributed by atoms with Crippen molar-refractivity contribution in [2.24, 2.45) is 0 Å². The van der Waals surface area contributed by atoms with Gasteiger partial charge in [-0.15, -0.1) is 0 Å². The number of aryl methyl sites for hydroxylation is 2. The van der Waals surface area contributed by atoms with Crippen molar-refractivity contribution >= 4 is 17.0 Å². The number of hydrogen-bond donors (Lipinski definition) is 2. The van der Waals surface area contributed by atoms with Gasteiger partial charge in [-0.3, -0.25) is 4.79 Å². The van der Waals surface area contributed by atoms with Gasteiger partial charge in [-0.25, -0.2) is 4.79 Å². The highest BCUT2D eigenvalue weighted by atomic mass is 16.5. The number of pyridine rings is 1. The Balaban J connectivity index is 2.17. The van der Waals surface area contributed by atoms with Crippen molar-refractivity contribution in [3.8, 4) is 0 Å². The summed E-state index contributed by atoms with van der Waals surface area (Å²) in [7, 11) is 0. The summed E-state index contributed by atoms with van der Waals surface area (Å²) in [4.78, 5) is 26.1. The normalized spacial score (nSPS) is 10.6. The fraction of sp³-hybridized carbons (Fsp3) is 0.375. The van der Waals surface area contributed by atoms with E-state index in [0.717, 1.165) is 16.5 Å². The molecule has 0 aliphatic heterocycles. The maximum atomic E-state index is 12.0. The van der Waals surface area contributed by atoms with Gasteiger partial charge in [0.2, 0.25) is 0 Å². The molecule has 0 aliphatic carbocycles. The van der Waals surface area contributed by atoms with Crippen LogP contribution in [-0.2, 0) is 11.2 Å². The van der Waals surface area contributed by atoms with Gasteiger partial charge in [-0.1, -0.05) is 0 Å². The van der Waals surface area contributed by atoms with Crippen molar-refractivity contribution in [2.75, 3.05) is 13.2 Å². The van der Waals surface area contributed by atoms with E-state index in [9.17, 15) is 9.59 Å². The highest BCUT2D eigenvalue weighted by Crippen LogP contribution is 2.17. The van der Waals surface area contributed by atoms with E-state index < -0.39 is 6.09 Å². The maximum absolute atomic E-state index is 12.0. The van der Waals surface area contributed by atoms with E-state index in [4.69, 9.17) is 4.74 Å². The van der Waals surface area contributed by atoms with Crippen LogP contribution in [0.5, 0.6) is 0 Å². The summed E-state index contributed by atoms with van der Waals surface area (Å²) in [5.41, 5.74) is 3.71. The Morgan fingerprint density at radius 1 is 1.24 bits per heavy atom. The van der Waals surface area contributed by atoms with Gasteiger partial charge in [0, 0.05) is 17.6 Å². The molecule has 5 nitrogen and oxygen atoms in total. The summed E-state index contributed by atoms with van der Waals surface area (Å²) >= 11 is 0. The standard InChI is InChI=1S/C16H20N2O3/c1-4-21-16(20)17-6-5-12-9-13-7-10(2)11(3)8-14(13)18-15(12)19/h7-9H,4-6H2,1-3H3,(H,17,20)(H,18,19). The molecule has 0 saturated carbocycles. The predicted molar refractivity (Wildman–Crippen MR) is 82.8 cm³/mol. The Labute approximate surface area is 123 Å². The summed E-state index contributed by atoms with van der Waals surface area (Å²) in [6.07, 6.45) is 0.0120. The first-order chi connectivity index (χ1) is 10.0. The summed E-state index contributed by atoms with van der Waals surface area (Å²) < 4.78 is 4.77. The lowest BCUT2D eigenvalue weighted by Crippen LogP contribution is -2.28. The van der Waals surface area contributed by atoms with Crippen LogP contribution in [0.3, 0.4) is 0 Å². The second kappa shape index (κ2) is 6.43. The van der Waals surface area contributed by atoms with E-state index >= 15 is 0 Å². The maximum Gasteiger partial charge on any atom is 0.407 e. The molecule has 1 amide bonds. The number of benzene rings is 1. The van der Waals surface area contributed by atoms with Crippen LogP contribution in [0.15, 0.2) is 23.0 Å². The first kappa shape index (κ1) is 15.1. The highest BCUT2D eigenvalue weighted by Gasteiger charge is 2.06. The molecule has 1 aromatic carbocycles. The molecule has 112 valence electrons. The van der Waals surface area contributed by atoms with E-state index in [-0.39, 0.29) is 5.56 Å². The Bertz CT molecular complexity index is 719. The number of amides is 1. The Morgan fingerprint density at radius 2 is 1.95 bits per heavy atom. The average molecular weight is 288 g/mol. The van der Waals surface area contributed by atoms with Crippen molar-refractivity contribution in [3.63, 3.8) is 0 Å². The molecule has 2 aromatic rings. The zero-order valence-corrected chi connectivity index (χ0v) is 12.6. The molecule has 0 saturated heterocycles. The van der Waals surface area contributed by atoms with Gasteiger partial charge in [0.25, 0.3) is 5.56 Å². The minimum Gasteiger partial charge on any atom is -0.450 e. The van der Waals surface area contributed by atoms with Crippen molar-refractivity contribution in [3.05, 3.63) is 45.2 Å². The fourth-order valence-corrected chi connectivity index (χ4v) is 2.19. The van der Waals surface area contributed by atoms with Crippen LogP contribution in [0.4, 0.5) is 4.79 Å². The van der Waals surface area contributed by atoms with Gasteiger partial charge < -0.3 is 15.0 Å². The fourth-order valence-electron chi connectivity index (χ4n) is 2.19. The monoisotopic (exact) mass is 288 g/mol. The summed E-state index contributed by atoms with van der Waals surface area (Å²) in [5.74, 6) is 0. The largest absolute Gasteiger partial charge is 0.450 e. The lowest BCUT2D eigenvalue weighted by atomic mass is 10.0. The molecule has 2 N–H and O–H groups in total. The third-order valence-electron chi connectivity index (χ3n) is 3.47. The topological polar surface area (TPSA) is 71.2 Å². The number of fused-ring (bicyclic) bond motifs is 1. The van der Waals surface area contributed by atoms with Crippen LogP contribution in [0, 0.1) is 13.8 Å². The highest BCUT2D eigenvalue weighted by molar-refractivity contribution is 5.80. The third kappa shape index (κ3) is 3.62. The number of carbonyl (C=O) groups excluding carboxylic acids is 1. The number of rotatable bonds is 4. The zero-order chi connectivity index (χ0) is 15.4. The minimum atomic E-state index is -0.457. The lowest BCUT2D eigenvalue weighted by molar-refractivity contribution is 0.152. The van der Waals surface area contributed by atoms with E-state index in [1.54, 1.807) is 6.92 Å². The summed E-state index contributed by atoms with van der Waals surface area (Å²) in [6.45, 7) is 6.52.